The van der Waals surface area contributed by atoms with Crippen LogP contribution in [0, 0.1) is 41.4 Å². The fourth-order valence-corrected chi connectivity index (χ4v) is 11.5. The van der Waals surface area contributed by atoms with Crippen LogP contribution in [0.25, 0.3) is 0 Å². The van der Waals surface area contributed by atoms with Gasteiger partial charge >= 0.3 is 0 Å². The van der Waals surface area contributed by atoms with Gasteiger partial charge in [-0.05, 0) is 98.9 Å². The van der Waals surface area contributed by atoms with E-state index < -0.39 is 0 Å². The van der Waals surface area contributed by atoms with Gasteiger partial charge in [-0.25, -0.2) is 0 Å². The minimum absolute atomic E-state index is 0.346. The molecule has 222 valence electrons. The summed E-state index contributed by atoms with van der Waals surface area (Å²) >= 11 is 0. The maximum atomic E-state index is 4.25. The molecule has 0 aromatic heterocycles. The lowest BCUT2D eigenvalue weighted by Gasteiger charge is -2.35. The molecule has 14 atom stereocenters. The van der Waals surface area contributed by atoms with Crippen LogP contribution < -0.4 is 42.5 Å². The Hall–Kier alpha value is -0.900. The summed E-state index contributed by atoms with van der Waals surface area (Å²) in [6.45, 7) is 0. The van der Waals surface area contributed by atoms with E-state index in [1.165, 1.54) is 109 Å². The molecule has 5 heterocycles. The Labute approximate surface area is 241 Å². The van der Waals surface area contributed by atoms with Crippen molar-refractivity contribution in [2.24, 2.45) is 41.4 Å². The second-order valence-corrected chi connectivity index (χ2v) is 15.2. The molecular formula is C32H54N8. The van der Waals surface area contributed by atoms with Gasteiger partial charge in [0.25, 0.3) is 0 Å². The predicted molar refractivity (Wildman–Crippen MR) is 157 cm³/mol. The van der Waals surface area contributed by atoms with Gasteiger partial charge in [0, 0.05) is 5.92 Å². The SMILES string of the molecule is C1CCC2C(=C3NC2NC2NC(NC4NC(NC5NC(N3)C3CCCCC53)C3CCCCC43)C3CCCCC23)C1. The largest absolute Gasteiger partial charge is 0.356 e. The zero-order chi connectivity index (χ0) is 26.2. The lowest BCUT2D eigenvalue weighted by atomic mass is 9.77. The third-order valence-corrected chi connectivity index (χ3v) is 13.3. The van der Waals surface area contributed by atoms with Crippen LogP contribution in [-0.2, 0) is 0 Å². The summed E-state index contributed by atoms with van der Waals surface area (Å²) in [6, 6.07) is 0. The van der Waals surface area contributed by atoms with Crippen molar-refractivity contribution in [1.82, 2.24) is 42.5 Å². The Bertz CT molecular complexity index is 968. The van der Waals surface area contributed by atoms with Gasteiger partial charge in [-0.3, -0.25) is 31.9 Å². The summed E-state index contributed by atoms with van der Waals surface area (Å²) in [6.07, 6.45) is 24.5. The van der Waals surface area contributed by atoms with E-state index in [0.29, 0.717) is 55.0 Å². The van der Waals surface area contributed by atoms with E-state index in [1.54, 1.807) is 5.57 Å². The molecule has 0 amide bonds. The van der Waals surface area contributed by atoms with E-state index in [4.69, 9.17) is 0 Å². The van der Waals surface area contributed by atoms with Gasteiger partial charge in [0.05, 0.1) is 43.2 Å². The van der Waals surface area contributed by atoms with Gasteiger partial charge in [0.2, 0.25) is 0 Å². The van der Waals surface area contributed by atoms with Crippen molar-refractivity contribution in [3.05, 3.63) is 11.4 Å². The van der Waals surface area contributed by atoms with E-state index in [1.807, 2.05) is 0 Å². The van der Waals surface area contributed by atoms with Crippen LogP contribution in [0.2, 0.25) is 0 Å². The van der Waals surface area contributed by atoms with Crippen molar-refractivity contribution >= 4 is 0 Å². The summed E-state index contributed by atoms with van der Waals surface area (Å²) in [5.41, 5.74) is 1.68. The summed E-state index contributed by atoms with van der Waals surface area (Å²) in [5, 5.41) is 33.4. The molecule has 8 bridgehead atoms. The third-order valence-electron chi connectivity index (χ3n) is 13.3. The van der Waals surface area contributed by atoms with Gasteiger partial charge in [-0.2, -0.15) is 0 Å². The number of fused-ring (bicyclic) bond motifs is 19. The van der Waals surface area contributed by atoms with E-state index >= 15 is 0 Å². The zero-order valence-corrected chi connectivity index (χ0v) is 24.4. The molecule has 8 fully saturated rings. The average molecular weight is 551 g/mol. The molecule has 0 radical (unpaired) electrons. The minimum atomic E-state index is 0.346. The molecule has 8 N–H and O–H groups in total. The third kappa shape index (κ3) is 4.22. The highest BCUT2D eigenvalue weighted by atomic mass is 15.4. The molecule has 5 aliphatic heterocycles. The number of nitrogens with one attached hydrogen (secondary N) is 8. The van der Waals surface area contributed by atoms with Crippen LogP contribution in [0.1, 0.15) is 103 Å². The quantitative estimate of drug-likeness (QED) is 0.233. The van der Waals surface area contributed by atoms with Gasteiger partial charge in [-0.1, -0.05) is 44.9 Å². The van der Waals surface area contributed by atoms with E-state index in [9.17, 15) is 0 Å². The van der Waals surface area contributed by atoms with Crippen molar-refractivity contribution in [3.63, 3.8) is 0 Å². The van der Waals surface area contributed by atoms with Crippen molar-refractivity contribution in [3.8, 4) is 0 Å². The fourth-order valence-electron chi connectivity index (χ4n) is 11.5. The van der Waals surface area contributed by atoms with E-state index in [0.717, 1.165) is 29.6 Å². The second-order valence-electron chi connectivity index (χ2n) is 15.2. The zero-order valence-electron chi connectivity index (χ0n) is 24.4. The van der Waals surface area contributed by atoms with Crippen molar-refractivity contribution in [2.75, 3.05) is 0 Å². The lowest BCUT2D eigenvalue weighted by molar-refractivity contribution is 0.174. The second kappa shape index (κ2) is 10.4. The molecule has 4 saturated carbocycles. The topological polar surface area (TPSA) is 96.2 Å². The molecule has 8 heteroatoms. The molecule has 9 aliphatic rings. The summed E-state index contributed by atoms with van der Waals surface area (Å²) in [5.74, 6) is 6.37. The number of hydrogen-bond acceptors (Lipinski definition) is 8. The van der Waals surface area contributed by atoms with Crippen LogP contribution in [0.3, 0.4) is 0 Å². The first kappa shape index (κ1) is 25.6. The Morgan fingerprint density at radius 3 is 1.18 bits per heavy atom. The minimum Gasteiger partial charge on any atom is -0.356 e. The van der Waals surface area contributed by atoms with Gasteiger partial charge in [0.1, 0.15) is 5.82 Å². The monoisotopic (exact) mass is 550 g/mol. The van der Waals surface area contributed by atoms with Crippen LogP contribution in [0.4, 0.5) is 0 Å². The first-order valence-electron chi connectivity index (χ1n) is 17.6. The highest BCUT2D eigenvalue weighted by Gasteiger charge is 2.52. The van der Waals surface area contributed by atoms with Crippen LogP contribution >= 0.6 is 0 Å². The van der Waals surface area contributed by atoms with Crippen LogP contribution in [-0.4, -0.2) is 43.2 Å². The first-order chi connectivity index (χ1) is 19.8. The Kier molecular flexibility index (Phi) is 6.64. The Morgan fingerprint density at radius 1 is 0.350 bits per heavy atom. The molecule has 14 unspecified atom stereocenters. The van der Waals surface area contributed by atoms with Gasteiger partial charge < -0.3 is 10.6 Å². The highest BCUT2D eigenvalue weighted by molar-refractivity contribution is 5.26. The van der Waals surface area contributed by atoms with Gasteiger partial charge in [-0.15, -0.1) is 0 Å². The van der Waals surface area contributed by atoms with E-state index in [-0.39, 0.29) is 0 Å². The maximum absolute atomic E-state index is 4.25. The smallest absolute Gasteiger partial charge is 0.101 e. The highest BCUT2D eigenvalue weighted by Crippen LogP contribution is 2.45. The maximum Gasteiger partial charge on any atom is 0.101 e. The molecule has 40 heavy (non-hydrogen) atoms. The normalized spacial score (nSPS) is 53.6. The van der Waals surface area contributed by atoms with Crippen molar-refractivity contribution in [2.45, 2.75) is 146 Å². The van der Waals surface area contributed by atoms with Crippen molar-refractivity contribution < 1.29 is 0 Å². The summed E-state index contributed by atoms with van der Waals surface area (Å²) in [7, 11) is 0. The van der Waals surface area contributed by atoms with Gasteiger partial charge in [0.15, 0.2) is 0 Å². The predicted octanol–water partition coefficient (Wildman–Crippen LogP) is 2.87. The Balaban J connectivity index is 1.07. The lowest BCUT2D eigenvalue weighted by Crippen LogP contribution is -2.60. The van der Waals surface area contributed by atoms with E-state index in [2.05, 4.69) is 42.5 Å². The standard InChI is InChI=1S/C32H54N8/c1-2-10-18-17(9-1)25-33-26(18)38-28-21-13-5-6-14-22(21)30(35-28)40-32-24-16-8-7-15-23(24)31(36-32)39-29-20-12-4-3-11-19(20)27(34-29)37-25/h17-23,25-31,33-40H,1-16H2. The Morgan fingerprint density at radius 2 is 0.700 bits per heavy atom. The van der Waals surface area contributed by atoms with Crippen LogP contribution in [0.15, 0.2) is 11.4 Å². The fraction of sp³-hybridized carbons (Fsp3) is 0.938. The molecule has 0 aromatic carbocycles. The molecular weight excluding hydrogens is 496 g/mol. The van der Waals surface area contributed by atoms with Crippen LogP contribution in [0.5, 0.6) is 0 Å². The molecule has 0 spiro atoms. The summed E-state index contributed by atoms with van der Waals surface area (Å²) < 4.78 is 0. The first-order valence-corrected chi connectivity index (χ1v) is 17.6. The van der Waals surface area contributed by atoms with Crippen molar-refractivity contribution in [1.29, 1.82) is 0 Å². The summed E-state index contributed by atoms with van der Waals surface area (Å²) in [4.78, 5) is 0. The molecule has 9 rings (SSSR count). The molecule has 0 aromatic rings. The average Bonchev–Trinajstić information content (AvgIpc) is 3.73. The molecule has 8 nitrogen and oxygen atoms in total. The molecule has 4 saturated heterocycles. The molecule has 4 aliphatic carbocycles. The number of hydrogen-bond donors (Lipinski definition) is 8. The number of rotatable bonds is 0.